The third-order valence-corrected chi connectivity index (χ3v) is 3.48. The van der Waals surface area contributed by atoms with Gasteiger partial charge in [0.05, 0.1) is 22.8 Å². The van der Waals surface area contributed by atoms with Crippen LogP contribution < -0.4 is 9.64 Å². The summed E-state index contributed by atoms with van der Waals surface area (Å²) in [7, 11) is 1.57. The van der Waals surface area contributed by atoms with Gasteiger partial charge in [-0.15, -0.1) is 0 Å². The van der Waals surface area contributed by atoms with Gasteiger partial charge in [-0.3, -0.25) is 4.79 Å². The van der Waals surface area contributed by atoms with E-state index in [1.54, 1.807) is 13.2 Å². The van der Waals surface area contributed by atoms with Crippen molar-refractivity contribution in [3.8, 4) is 5.75 Å². The minimum absolute atomic E-state index is 0.304. The number of anilines is 1. The van der Waals surface area contributed by atoms with E-state index in [1.165, 1.54) is 0 Å². The average molecular weight is 274 g/mol. The zero-order chi connectivity index (χ0) is 12.4. The number of carbonyl (C=O) groups excluding carboxylic acids is 1. The van der Waals surface area contributed by atoms with Crippen molar-refractivity contribution in [3.63, 3.8) is 0 Å². The molecular formula is C12H13Cl2NO2. The molecule has 0 atom stereocenters. The van der Waals surface area contributed by atoms with Gasteiger partial charge < -0.3 is 9.64 Å². The maximum atomic E-state index is 11.2. The van der Waals surface area contributed by atoms with Gasteiger partial charge in [0.25, 0.3) is 0 Å². The molecule has 0 spiro atoms. The normalized spacial score (nSPS) is 16.2. The van der Waals surface area contributed by atoms with Crippen LogP contribution in [0.2, 0.25) is 10.0 Å². The highest BCUT2D eigenvalue weighted by Gasteiger charge is 2.19. The Balaban J connectivity index is 2.28. The second kappa shape index (κ2) is 5.15. The first-order chi connectivity index (χ1) is 8.11. The number of ether oxygens (including phenoxy) is 1. The molecule has 1 saturated heterocycles. The average Bonchev–Trinajstić information content (AvgIpc) is 2.31. The van der Waals surface area contributed by atoms with Crippen LogP contribution in [0.25, 0.3) is 0 Å². The number of benzene rings is 1. The van der Waals surface area contributed by atoms with Gasteiger partial charge in [0.2, 0.25) is 0 Å². The summed E-state index contributed by atoms with van der Waals surface area (Å²) in [5.74, 6) is 0.904. The van der Waals surface area contributed by atoms with Crippen molar-refractivity contribution in [2.45, 2.75) is 12.8 Å². The molecule has 0 aromatic heterocycles. The summed E-state index contributed by atoms with van der Waals surface area (Å²) in [6.45, 7) is 1.40. The molecule has 17 heavy (non-hydrogen) atoms. The van der Waals surface area contributed by atoms with Gasteiger partial charge >= 0.3 is 0 Å². The van der Waals surface area contributed by atoms with Gasteiger partial charge in [0.1, 0.15) is 11.5 Å². The molecule has 0 N–H and O–H groups in total. The van der Waals surface area contributed by atoms with Crippen molar-refractivity contribution >= 4 is 34.7 Å². The fraction of sp³-hybridized carbons (Fsp3) is 0.417. The lowest BCUT2D eigenvalue weighted by molar-refractivity contribution is -0.119. The topological polar surface area (TPSA) is 29.5 Å². The molecule has 2 rings (SSSR count). The van der Waals surface area contributed by atoms with E-state index in [2.05, 4.69) is 4.90 Å². The second-order valence-corrected chi connectivity index (χ2v) is 4.78. The number of halogens is 2. The Morgan fingerprint density at radius 1 is 1.18 bits per heavy atom. The Labute approximate surface area is 110 Å². The third kappa shape index (κ3) is 2.67. The number of hydrogen-bond acceptors (Lipinski definition) is 3. The number of piperidine rings is 1. The van der Waals surface area contributed by atoms with Gasteiger partial charge in [-0.2, -0.15) is 0 Å². The van der Waals surface area contributed by atoms with E-state index in [4.69, 9.17) is 27.9 Å². The largest absolute Gasteiger partial charge is 0.495 e. The molecule has 1 aliphatic heterocycles. The molecule has 92 valence electrons. The van der Waals surface area contributed by atoms with E-state index in [-0.39, 0.29) is 0 Å². The van der Waals surface area contributed by atoms with E-state index in [1.807, 2.05) is 6.07 Å². The molecule has 1 heterocycles. The number of methoxy groups -OCH3 is 1. The van der Waals surface area contributed by atoms with Gasteiger partial charge in [-0.25, -0.2) is 0 Å². The van der Waals surface area contributed by atoms with Crippen LogP contribution in [0.5, 0.6) is 5.75 Å². The van der Waals surface area contributed by atoms with Crippen LogP contribution in [0.4, 0.5) is 5.69 Å². The number of carbonyl (C=O) groups is 1. The highest BCUT2D eigenvalue weighted by Crippen LogP contribution is 2.36. The van der Waals surface area contributed by atoms with Crippen molar-refractivity contribution in [3.05, 3.63) is 22.2 Å². The maximum Gasteiger partial charge on any atom is 0.139 e. The van der Waals surface area contributed by atoms with Gasteiger partial charge in [0, 0.05) is 32.0 Å². The van der Waals surface area contributed by atoms with E-state index in [0.717, 1.165) is 5.69 Å². The molecule has 3 nitrogen and oxygen atoms in total. The number of rotatable bonds is 2. The molecule has 5 heteroatoms. The SMILES string of the molecule is COc1cc(N2CCC(=O)CC2)c(Cl)cc1Cl. The van der Waals surface area contributed by atoms with Crippen LogP contribution in [-0.4, -0.2) is 26.0 Å². The number of nitrogens with zero attached hydrogens (tertiary/aromatic N) is 1. The molecule has 0 unspecified atom stereocenters. The van der Waals surface area contributed by atoms with E-state index >= 15 is 0 Å². The maximum absolute atomic E-state index is 11.2. The predicted octanol–water partition coefficient (Wildman–Crippen LogP) is 3.17. The lowest BCUT2D eigenvalue weighted by Crippen LogP contribution is -2.33. The monoisotopic (exact) mass is 273 g/mol. The summed E-state index contributed by atoms with van der Waals surface area (Å²) in [6, 6.07) is 3.49. The summed E-state index contributed by atoms with van der Waals surface area (Å²) >= 11 is 12.1. The molecule has 1 fully saturated rings. The van der Waals surface area contributed by atoms with Gasteiger partial charge in [0.15, 0.2) is 0 Å². The second-order valence-electron chi connectivity index (χ2n) is 3.96. The first-order valence-electron chi connectivity index (χ1n) is 5.41. The van der Waals surface area contributed by atoms with Crippen molar-refractivity contribution in [2.24, 2.45) is 0 Å². The Morgan fingerprint density at radius 3 is 2.41 bits per heavy atom. The van der Waals surface area contributed by atoms with Crippen LogP contribution >= 0.6 is 23.2 Å². The summed E-state index contributed by atoms with van der Waals surface area (Å²) in [5, 5.41) is 1.08. The van der Waals surface area contributed by atoms with Crippen LogP contribution in [0.3, 0.4) is 0 Å². The molecule has 1 aliphatic rings. The first kappa shape index (κ1) is 12.5. The Bertz CT molecular complexity index is 438. The first-order valence-corrected chi connectivity index (χ1v) is 6.17. The summed E-state index contributed by atoms with van der Waals surface area (Å²) in [4.78, 5) is 13.3. The van der Waals surface area contributed by atoms with Crippen LogP contribution in [0, 0.1) is 0 Å². The number of hydrogen-bond donors (Lipinski definition) is 0. The lowest BCUT2D eigenvalue weighted by Gasteiger charge is -2.29. The van der Waals surface area contributed by atoms with Crippen molar-refractivity contribution < 1.29 is 9.53 Å². The highest BCUT2D eigenvalue weighted by molar-refractivity contribution is 6.37. The Hall–Kier alpha value is -0.930. The zero-order valence-electron chi connectivity index (χ0n) is 9.50. The van der Waals surface area contributed by atoms with Crippen molar-refractivity contribution in [1.82, 2.24) is 0 Å². The van der Waals surface area contributed by atoms with Crippen LogP contribution in [0.15, 0.2) is 12.1 Å². The molecule has 0 aliphatic carbocycles. The molecule has 1 aromatic rings. The zero-order valence-corrected chi connectivity index (χ0v) is 11.0. The summed E-state index contributed by atoms with van der Waals surface area (Å²) in [5.41, 5.74) is 0.875. The lowest BCUT2D eigenvalue weighted by atomic mass is 10.1. The molecule has 0 bridgehead atoms. The Kier molecular flexibility index (Phi) is 3.79. The third-order valence-electron chi connectivity index (χ3n) is 2.88. The molecular weight excluding hydrogens is 261 g/mol. The predicted molar refractivity (Wildman–Crippen MR) is 69.5 cm³/mol. The minimum Gasteiger partial charge on any atom is -0.495 e. The molecule has 1 aromatic carbocycles. The highest BCUT2D eigenvalue weighted by atomic mass is 35.5. The van der Waals surface area contributed by atoms with Crippen molar-refractivity contribution in [2.75, 3.05) is 25.1 Å². The van der Waals surface area contributed by atoms with Gasteiger partial charge in [-0.1, -0.05) is 23.2 Å². The van der Waals surface area contributed by atoms with Crippen LogP contribution in [-0.2, 0) is 4.79 Å². The minimum atomic E-state index is 0.304. The molecule has 0 amide bonds. The summed E-state index contributed by atoms with van der Waals surface area (Å²) < 4.78 is 5.17. The standard InChI is InChI=1S/C12H13Cl2NO2/c1-17-12-7-11(9(13)6-10(12)14)15-4-2-8(16)3-5-15/h6-7H,2-5H2,1H3. The number of ketones is 1. The quantitative estimate of drug-likeness (QED) is 0.829. The van der Waals surface area contributed by atoms with E-state index in [0.29, 0.717) is 47.5 Å². The molecule has 0 saturated carbocycles. The smallest absolute Gasteiger partial charge is 0.139 e. The summed E-state index contributed by atoms with van der Waals surface area (Å²) in [6.07, 6.45) is 1.14. The van der Waals surface area contributed by atoms with Gasteiger partial charge in [-0.05, 0) is 6.07 Å². The Morgan fingerprint density at radius 2 is 1.82 bits per heavy atom. The van der Waals surface area contributed by atoms with Crippen molar-refractivity contribution in [1.29, 1.82) is 0 Å². The molecule has 0 radical (unpaired) electrons. The van der Waals surface area contributed by atoms with E-state index < -0.39 is 0 Å². The fourth-order valence-electron chi connectivity index (χ4n) is 1.91. The van der Waals surface area contributed by atoms with E-state index in [9.17, 15) is 4.79 Å². The van der Waals surface area contributed by atoms with Crippen LogP contribution in [0.1, 0.15) is 12.8 Å². The number of Topliss-reactive ketones (excluding diaryl/α,β-unsaturated/α-hetero) is 1. The fourth-order valence-corrected chi connectivity index (χ4v) is 2.49.